The van der Waals surface area contributed by atoms with Gasteiger partial charge >= 0.3 is 78.4 Å². The van der Waals surface area contributed by atoms with E-state index in [1.165, 1.54) is 0 Å². The van der Waals surface area contributed by atoms with Crippen LogP contribution < -0.4 is 29.6 Å². The van der Waals surface area contributed by atoms with Gasteiger partial charge in [-0.3, -0.25) is 18.8 Å². The van der Waals surface area contributed by atoms with E-state index in [0.29, 0.717) is 0 Å². The van der Waals surface area contributed by atoms with Gasteiger partial charge in [-0.05, 0) is 0 Å². The summed E-state index contributed by atoms with van der Waals surface area (Å²) >= 11 is 0. The van der Waals surface area contributed by atoms with Crippen LogP contribution >= 0.6 is 0 Å². The Balaban J connectivity index is 0. The fraction of sp³-hybridized carbons (Fsp3) is 0. The molecule has 0 aromatic carbocycles. The van der Waals surface area contributed by atoms with Crippen LogP contribution in [0.1, 0.15) is 4.28 Å². The molecule has 0 heterocycles. The SMILES string of the molecule is F.F.F.F.[Ba+2].[H-].[H-].[H-].[Na+].[Zr]. The van der Waals surface area contributed by atoms with E-state index in [4.69, 9.17) is 0 Å². The zero-order valence-corrected chi connectivity index (χ0v) is 12.7. The molecular weight excluding hydrogens is 328 g/mol. The second-order valence-electron chi connectivity index (χ2n) is 0. The normalized spacial score (nSPS) is 0. The van der Waals surface area contributed by atoms with E-state index in [9.17, 15) is 0 Å². The standard InChI is InChI=1S/Ba.4FH.Na.Zr.3H/h;4*1H;;;;;/q+2;;;;;+1;;3*-1. The van der Waals surface area contributed by atoms with E-state index in [2.05, 4.69) is 0 Å². The molecule has 0 saturated carbocycles. The first-order valence-corrected chi connectivity index (χ1v) is 0. The molecule has 42 valence electrons. The summed E-state index contributed by atoms with van der Waals surface area (Å²) in [5.41, 5.74) is 0. The first kappa shape index (κ1) is 85.0. The van der Waals surface area contributed by atoms with Crippen LogP contribution in [0.5, 0.6) is 0 Å². The van der Waals surface area contributed by atoms with Gasteiger partial charge in [0.15, 0.2) is 0 Å². The maximum Gasteiger partial charge on any atom is 2.00 e. The van der Waals surface area contributed by atoms with Crippen LogP contribution in [-0.4, -0.2) is 48.9 Å². The summed E-state index contributed by atoms with van der Waals surface area (Å²) in [6.07, 6.45) is 0. The minimum Gasteiger partial charge on any atom is -1.00 e. The zero-order chi connectivity index (χ0) is 0. The van der Waals surface area contributed by atoms with Gasteiger partial charge in [0, 0.05) is 26.2 Å². The van der Waals surface area contributed by atoms with Crippen LogP contribution in [0.4, 0.5) is 18.8 Å². The number of halogens is 4. The first-order chi connectivity index (χ1) is 0. The summed E-state index contributed by atoms with van der Waals surface area (Å²) in [5.74, 6) is 0. The van der Waals surface area contributed by atoms with Crippen LogP contribution in [0.3, 0.4) is 0 Å². The summed E-state index contributed by atoms with van der Waals surface area (Å²) in [6.45, 7) is 0. The van der Waals surface area contributed by atoms with E-state index < -0.39 is 0 Å². The quantitative estimate of drug-likeness (QED) is 0.341. The number of hydrogen-bond donors (Lipinski definition) is 0. The molecule has 0 aliphatic carbocycles. The zero-order valence-electron chi connectivity index (χ0n) is 6.84. The Morgan fingerprint density at radius 1 is 0.714 bits per heavy atom. The second kappa shape index (κ2) is 60.8. The smallest absolute Gasteiger partial charge is 1.00 e. The molecule has 0 fully saturated rings. The third kappa shape index (κ3) is 46.9. The molecule has 0 amide bonds. The van der Waals surface area contributed by atoms with Gasteiger partial charge in [-0.1, -0.05) is 0 Å². The molecule has 0 spiro atoms. The molecule has 0 atom stereocenters. The molecule has 0 N–H and O–H groups in total. The van der Waals surface area contributed by atoms with Gasteiger partial charge in [0.05, 0.1) is 0 Å². The Labute approximate surface area is 125 Å². The maximum absolute atomic E-state index is 0. The molecule has 0 aromatic rings. The molecule has 0 aliphatic rings. The first-order valence-electron chi connectivity index (χ1n) is 0. The van der Waals surface area contributed by atoms with Crippen LogP contribution in [0, 0.1) is 0 Å². The van der Waals surface area contributed by atoms with E-state index in [1.54, 1.807) is 0 Å². The van der Waals surface area contributed by atoms with E-state index in [0.717, 1.165) is 0 Å². The molecular formula is H7BaF4NaZr. The van der Waals surface area contributed by atoms with Crippen LogP contribution in [-0.2, 0) is 26.2 Å². The van der Waals surface area contributed by atoms with Crippen molar-refractivity contribution < 1.29 is 78.9 Å². The van der Waals surface area contributed by atoms with Crippen molar-refractivity contribution in [2.75, 3.05) is 0 Å². The van der Waals surface area contributed by atoms with E-state index in [1.807, 2.05) is 0 Å². The Bertz CT molecular complexity index is 20.5. The van der Waals surface area contributed by atoms with Gasteiger partial charge in [-0.15, -0.1) is 0 Å². The van der Waals surface area contributed by atoms with Crippen molar-refractivity contribution in [3.8, 4) is 0 Å². The van der Waals surface area contributed by atoms with Gasteiger partial charge in [-0.25, -0.2) is 0 Å². The Morgan fingerprint density at radius 2 is 0.714 bits per heavy atom. The summed E-state index contributed by atoms with van der Waals surface area (Å²) in [4.78, 5) is 0. The third-order valence-electron chi connectivity index (χ3n) is 0. The molecule has 0 aromatic heterocycles. The van der Waals surface area contributed by atoms with Crippen LogP contribution in [0.15, 0.2) is 0 Å². The summed E-state index contributed by atoms with van der Waals surface area (Å²) < 4.78 is 0. The Morgan fingerprint density at radius 3 is 0.714 bits per heavy atom. The predicted octanol–water partition coefficient (Wildman–Crippen LogP) is -2.43. The molecule has 0 aliphatic heterocycles. The largest absolute Gasteiger partial charge is 2.00 e. The topological polar surface area (TPSA) is 0 Å². The molecule has 7 heteroatoms. The molecule has 0 bridgehead atoms. The van der Waals surface area contributed by atoms with Crippen molar-refractivity contribution in [1.82, 2.24) is 0 Å². The third-order valence-corrected chi connectivity index (χ3v) is 0. The fourth-order valence-corrected chi connectivity index (χ4v) is 0. The predicted molar refractivity (Wildman–Crippen MR) is 19.1 cm³/mol. The molecule has 7 heavy (non-hydrogen) atoms. The van der Waals surface area contributed by atoms with Crippen molar-refractivity contribution in [2.45, 2.75) is 0 Å². The fourth-order valence-electron chi connectivity index (χ4n) is 0. The van der Waals surface area contributed by atoms with Crippen molar-refractivity contribution in [2.24, 2.45) is 0 Å². The van der Waals surface area contributed by atoms with Gasteiger partial charge in [0.25, 0.3) is 0 Å². The van der Waals surface area contributed by atoms with Crippen molar-refractivity contribution >= 4 is 48.9 Å². The van der Waals surface area contributed by atoms with Gasteiger partial charge in [0.1, 0.15) is 0 Å². The average molecular weight is 335 g/mol. The summed E-state index contributed by atoms with van der Waals surface area (Å²) in [6, 6.07) is 0. The second-order valence-corrected chi connectivity index (χ2v) is 0. The van der Waals surface area contributed by atoms with Crippen molar-refractivity contribution in [3.63, 3.8) is 0 Å². The molecule has 0 unspecified atom stereocenters. The molecule has 0 saturated heterocycles. The summed E-state index contributed by atoms with van der Waals surface area (Å²) in [7, 11) is 0. The molecule has 0 nitrogen and oxygen atoms in total. The Kier molecular flexibility index (Phi) is 739. The average Bonchev–Trinajstić information content (AvgIpc) is 0. The van der Waals surface area contributed by atoms with E-state index >= 15 is 0 Å². The van der Waals surface area contributed by atoms with Crippen molar-refractivity contribution in [1.29, 1.82) is 0 Å². The van der Waals surface area contributed by atoms with Crippen LogP contribution in [0.25, 0.3) is 0 Å². The number of hydrogen-bond acceptors (Lipinski definition) is 0. The number of rotatable bonds is 0. The minimum absolute atomic E-state index is 0. The summed E-state index contributed by atoms with van der Waals surface area (Å²) in [5, 5.41) is 0. The minimum atomic E-state index is 0. The van der Waals surface area contributed by atoms with Crippen LogP contribution in [0.2, 0.25) is 0 Å². The maximum atomic E-state index is 0. The molecule has 0 radical (unpaired) electrons. The molecule has 0 rings (SSSR count). The van der Waals surface area contributed by atoms with E-state index in [-0.39, 0.29) is 128 Å². The van der Waals surface area contributed by atoms with Gasteiger partial charge in [-0.2, -0.15) is 0 Å². The monoisotopic (exact) mass is 334 g/mol. The van der Waals surface area contributed by atoms with Crippen molar-refractivity contribution in [3.05, 3.63) is 0 Å². The Hall–Kier alpha value is 3.17. The van der Waals surface area contributed by atoms with Gasteiger partial charge in [0.2, 0.25) is 0 Å². The van der Waals surface area contributed by atoms with Gasteiger partial charge < -0.3 is 4.28 Å².